The van der Waals surface area contributed by atoms with E-state index in [0.29, 0.717) is 23.7 Å². The van der Waals surface area contributed by atoms with Crippen molar-refractivity contribution < 1.29 is 14.3 Å². The predicted molar refractivity (Wildman–Crippen MR) is 114 cm³/mol. The lowest BCUT2D eigenvalue weighted by atomic mass is 10.1. The standard InChI is InChI=1S/C19H20ClFN4O3S/c1-22-19(29)23-9-4-5-24(7-9)16-13(21)6-11-15(14(16)20)25(10-2-3-10)8-12(17(11)26)18(27)28/h6,8-10H,2-5,7H2,1H3,(H,27,28)(H2,22,23,29). The molecule has 1 aromatic carbocycles. The molecule has 2 heterocycles. The van der Waals surface area contributed by atoms with Gasteiger partial charge in [0, 0.05) is 38.4 Å². The van der Waals surface area contributed by atoms with Gasteiger partial charge in [0.25, 0.3) is 0 Å². The van der Waals surface area contributed by atoms with Gasteiger partial charge < -0.3 is 25.2 Å². The lowest BCUT2D eigenvalue weighted by Crippen LogP contribution is -2.41. The Bertz CT molecular complexity index is 1090. The van der Waals surface area contributed by atoms with E-state index in [1.807, 2.05) is 4.90 Å². The second kappa shape index (κ2) is 7.46. The van der Waals surface area contributed by atoms with Gasteiger partial charge in [-0.3, -0.25) is 4.79 Å². The van der Waals surface area contributed by atoms with Gasteiger partial charge in [0.05, 0.1) is 21.6 Å². The smallest absolute Gasteiger partial charge is 0.341 e. The second-order valence-electron chi connectivity index (χ2n) is 7.39. The molecule has 0 radical (unpaired) electrons. The Hall–Kier alpha value is -2.39. The number of carbonyl (C=O) groups is 1. The van der Waals surface area contributed by atoms with E-state index >= 15 is 4.39 Å². The molecule has 154 valence electrons. The fourth-order valence-electron chi connectivity index (χ4n) is 3.85. The van der Waals surface area contributed by atoms with Gasteiger partial charge in [0.15, 0.2) is 5.11 Å². The zero-order valence-corrected chi connectivity index (χ0v) is 17.2. The molecule has 2 fully saturated rings. The highest BCUT2D eigenvalue weighted by Gasteiger charge is 2.32. The number of hydrogen-bond acceptors (Lipinski definition) is 4. The van der Waals surface area contributed by atoms with Gasteiger partial charge in [-0.15, -0.1) is 0 Å². The molecule has 2 aromatic rings. The number of rotatable bonds is 4. The number of aromatic nitrogens is 1. The van der Waals surface area contributed by atoms with Gasteiger partial charge >= 0.3 is 5.97 Å². The molecule has 3 N–H and O–H groups in total. The van der Waals surface area contributed by atoms with Crippen LogP contribution in [0.15, 0.2) is 17.1 Å². The molecule has 0 spiro atoms. The van der Waals surface area contributed by atoms with Crippen molar-refractivity contribution in [3.8, 4) is 0 Å². The zero-order valence-electron chi connectivity index (χ0n) is 15.7. The number of halogens is 2. The summed E-state index contributed by atoms with van der Waals surface area (Å²) in [5.41, 5.74) is -0.478. The van der Waals surface area contributed by atoms with Crippen LogP contribution in [0.2, 0.25) is 5.02 Å². The maximum Gasteiger partial charge on any atom is 0.341 e. The molecule has 4 rings (SSSR count). The minimum atomic E-state index is -1.33. The van der Waals surface area contributed by atoms with E-state index < -0.39 is 17.2 Å². The quantitative estimate of drug-likeness (QED) is 0.632. The van der Waals surface area contributed by atoms with E-state index in [9.17, 15) is 14.7 Å². The molecule has 1 aromatic heterocycles. The maximum absolute atomic E-state index is 15.1. The number of nitrogens with zero attached hydrogens (tertiary/aromatic N) is 2. The Morgan fingerprint density at radius 1 is 1.38 bits per heavy atom. The van der Waals surface area contributed by atoms with Gasteiger partial charge in [-0.05, 0) is 37.5 Å². The predicted octanol–water partition coefficient (Wildman–Crippen LogP) is 2.50. The van der Waals surface area contributed by atoms with Crippen LogP contribution in [-0.4, -0.2) is 46.9 Å². The minimum absolute atomic E-state index is 0.00622. The van der Waals surface area contributed by atoms with Crippen molar-refractivity contribution in [2.45, 2.75) is 31.3 Å². The number of anilines is 1. The number of aromatic carboxylic acids is 1. The van der Waals surface area contributed by atoms with Gasteiger partial charge in [0.1, 0.15) is 11.4 Å². The fourth-order valence-corrected chi connectivity index (χ4v) is 4.43. The van der Waals surface area contributed by atoms with Gasteiger partial charge in [0.2, 0.25) is 5.43 Å². The lowest BCUT2D eigenvalue weighted by Gasteiger charge is -2.23. The molecular formula is C19H20ClFN4O3S. The number of carboxylic acids is 1. The average Bonchev–Trinajstić information content (AvgIpc) is 3.42. The monoisotopic (exact) mass is 438 g/mol. The number of thiocarbonyl (C=S) groups is 1. The lowest BCUT2D eigenvalue weighted by molar-refractivity contribution is 0.0695. The first-order valence-electron chi connectivity index (χ1n) is 9.35. The first kappa shape index (κ1) is 19.9. The SMILES string of the molecule is CNC(=S)NC1CCN(c2c(F)cc3c(=O)c(C(=O)O)cn(C4CC4)c3c2Cl)C1. The second-order valence-corrected chi connectivity index (χ2v) is 8.17. The van der Waals surface area contributed by atoms with Crippen molar-refractivity contribution in [1.29, 1.82) is 0 Å². The molecule has 10 heteroatoms. The fraction of sp³-hybridized carbons (Fsp3) is 0.421. The Labute approximate surface area is 176 Å². The Balaban J connectivity index is 1.82. The van der Waals surface area contributed by atoms with Crippen molar-refractivity contribution in [3.05, 3.63) is 38.9 Å². The number of fused-ring (bicyclic) bond motifs is 1. The third kappa shape index (κ3) is 3.53. The van der Waals surface area contributed by atoms with E-state index in [0.717, 1.165) is 25.3 Å². The van der Waals surface area contributed by atoms with Crippen LogP contribution < -0.4 is 21.0 Å². The number of nitrogens with one attached hydrogen (secondary N) is 2. The van der Waals surface area contributed by atoms with Crippen molar-refractivity contribution in [3.63, 3.8) is 0 Å². The van der Waals surface area contributed by atoms with E-state index in [2.05, 4.69) is 10.6 Å². The van der Waals surface area contributed by atoms with Crippen LogP contribution in [0, 0.1) is 5.82 Å². The molecule has 29 heavy (non-hydrogen) atoms. The molecule has 1 saturated carbocycles. The van der Waals surface area contributed by atoms with E-state index in [1.165, 1.54) is 6.20 Å². The number of benzene rings is 1. The summed E-state index contributed by atoms with van der Waals surface area (Å²) in [5, 5.41) is 16.0. The van der Waals surface area contributed by atoms with Crippen molar-refractivity contribution >= 4 is 51.5 Å². The number of carboxylic acid groups (broad SMARTS) is 1. The first-order valence-corrected chi connectivity index (χ1v) is 10.1. The summed E-state index contributed by atoms with van der Waals surface area (Å²) in [6.45, 7) is 1.08. The Morgan fingerprint density at radius 3 is 2.72 bits per heavy atom. The average molecular weight is 439 g/mol. The topological polar surface area (TPSA) is 86.6 Å². The summed E-state index contributed by atoms with van der Waals surface area (Å²) < 4.78 is 16.8. The third-order valence-corrected chi connectivity index (χ3v) is 6.10. The van der Waals surface area contributed by atoms with E-state index in [4.69, 9.17) is 23.8 Å². The van der Waals surface area contributed by atoms with Crippen LogP contribution in [0.1, 0.15) is 35.7 Å². The molecule has 1 atom stereocenters. The molecule has 7 nitrogen and oxygen atoms in total. The van der Waals surface area contributed by atoms with Gasteiger partial charge in [-0.25, -0.2) is 9.18 Å². The molecule has 0 bridgehead atoms. The zero-order chi connectivity index (χ0) is 20.9. The van der Waals surface area contributed by atoms with Crippen molar-refractivity contribution in [1.82, 2.24) is 15.2 Å². The Morgan fingerprint density at radius 2 is 2.10 bits per heavy atom. The summed E-state index contributed by atoms with van der Waals surface area (Å²) in [7, 11) is 1.73. The summed E-state index contributed by atoms with van der Waals surface area (Å²) >= 11 is 11.8. The van der Waals surface area contributed by atoms with Crippen LogP contribution in [0.4, 0.5) is 10.1 Å². The number of pyridine rings is 1. The molecule has 2 aliphatic rings. The van der Waals surface area contributed by atoms with Crippen LogP contribution in [0.5, 0.6) is 0 Å². The highest BCUT2D eigenvalue weighted by Crippen LogP contribution is 2.42. The normalized spacial score (nSPS) is 18.9. The summed E-state index contributed by atoms with van der Waals surface area (Å²) in [6.07, 6.45) is 3.80. The molecular weight excluding hydrogens is 419 g/mol. The van der Waals surface area contributed by atoms with Crippen LogP contribution >= 0.6 is 23.8 Å². The first-order chi connectivity index (χ1) is 13.8. The molecule has 1 saturated heterocycles. The van der Waals surface area contributed by atoms with Crippen LogP contribution in [0.3, 0.4) is 0 Å². The molecule has 0 amide bonds. The summed E-state index contributed by atoms with van der Waals surface area (Å²) in [5.74, 6) is -1.97. The van der Waals surface area contributed by atoms with Gasteiger partial charge in [-0.1, -0.05) is 11.6 Å². The largest absolute Gasteiger partial charge is 0.477 e. The van der Waals surface area contributed by atoms with Gasteiger partial charge in [-0.2, -0.15) is 0 Å². The highest BCUT2D eigenvalue weighted by molar-refractivity contribution is 7.80. The minimum Gasteiger partial charge on any atom is -0.477 e. The van der Waals surface area contributed by atoms with Crippen molar-refractivity contribution in [2.75, 3.05) is 25.0 Å². The molecule has 1 unspecified atom stereocenters. The maximum atomic E-state index is 15.1. The van der Waals surface area contributed by atoms with Crippen LogP contribution in [0.25, 0.3) is 10.9 Å². The molecule has 1 aliphatic carbocycles. The number of hydrogen-bond donors (Lipinski definition) is 3. The summed E-state index contributed by atoms with van der Waals surface area (Å²) in [4.78, 5) is 26.0. The highest BCUT2D eigenvalue weighted by atomic mass is 35.5. The van der Waals surface area contributed by atoms with Crippen molar-refractivity contribution in [2.24, 2.45) is 0 Å². The Kier molecular flexibility index (Phi) is 5.12. The van der Waals surface area contributed by atoms with Crippen LogP contribution in [-0.2, 0) is 0 Å². The summed E-state index contributed by atoms with van der Waals surface area (Å²) in [6, 6.07) is 1.22. The van der Waals surface area contributed by atoms with E-state index in [1.54, 1.807) is 11.6 Å². The molecule has 1 aliphatic heterocycles. The van der Waals surface area contributed by atoms with E-state index in [-0.39, 0.29) is 33.7 Å². The third-order valence-electron chi connectivity index (χ3n) is 5.42.